The number of nitrogens with one attached hydrogen (secondary N) is 1. The number of aromatic nitrogens is 1. The van der Waals surface area contributed by atoms with E-state index in [9.17, 15) is 9.90 Å². The zero-order chi connectivity index (χ0) is 18.1. The maximum absolute atomic E-state index is 11.2. The Morgan fingerprint density at radius 2 is 1.96 bits per heavy atom. The lowest BCUT2D eigenvalue weighted by Gasteiger charge is -2.04. The normalized spacial score (nSPS) is 11.0. The van der Waals surface area contributed by atoms with Crippen LogP contribution in [0.2, 0.25) is 0 Å². The molecule has 0 unspecified atom stereocenters. The number of fused-ring (bicyclic) bond motifs is 1. The van der Waals surface area contributed by atoms with Gasteiger partial charge in [-0.05, 0) is 35.2 Å². The molecule has 2 aromatic heterocycles. The van der Waals surface area contributed by atoms with Crippen LogP contribution in [0.25, 0.3) is 22.0 Å². The summed E-state index contributed by atoms with van der Waals surface area (Å²) in [5.74, 6) is -0.902. The number of thiophene rings is 1. The van der Waals surface area contributed by atoms with Crippen LogP contribution in [0.3, 0.4) is 0 Å². The Labute approximate surface area is 162 Å². The summed E-state index contributed by atoms with van der Waals surface area (Å²) in [4.78, 5) is 16.2. The van der Waals surface area contributed by atoms with Crippen molar-refractivity contribution in [3.05, 3.63) is 58.8 Å². The topological polar surface area (TPSA) is 62.2 Å². The predicted octanol–water partition coefficient (Wildman–Crippen LogP) is 6.19. The Bertz CT molecular complexity index is 1100. The molecular weight excluding hydrogens is 384 g/mol. The van der Waals surface area contributed by atoms with Crippen molar-refractivity contribution in [3.8, 4) is 11.3 Å². The van der Waals surface area contributed by atoms with Crippen LogP contribution in [0.4, 0.5) is 10.8 Å². The number of nitrogens with zero attached hydrogens (tertiary/aromatic N) is 1. The van der Waals surface area contributed by atoms with Gasteiger partial charge < -0.3 is 10.4 Å². The molecule has 0 amide bonds. The fourth-order valence-corrected chi connectivity index (χ4v) is 5.11. The number of hydrogen-bond donors (Lipinski definition) is 2. The van der Waals surface area contributed by atoms with Crippen LogP contribution in [-0.4, -0.2) is 22.3 Å². The molecule has 0 fully saturated rings. The minimum absolute atomic E-state index is 0.335. The van der Waals surface area contributed by atoms with Crippen molar-refractivity contribution in [2.75, 3.05) is 11.6 Å². The van der Waals surface area contributed by atoms with Crippen LogP contribution in [-0.2, 0) is 0 Å². The summed E-state index contributed by atoms with van der Waals surface area (Å²) in [7, 11) is 0. The van der Waals surface area contributed by atoms with Crippen molar-refractivity contribution < 1.29 is 9.90 Å². The molecule has 4 aromatic rings. The fourth-order valence-electron chi connectivity index (χ4n) is 2.66. The summed E-state index contributed by atoms with van der Waals surface area (Å²) in [6.45, 7) is 0. The first kappa shape index (κ1) is 17.1. The highest BCUT2D eigenvalue weighted by Gasteiger charge is 2.17. The minimum atomic E-state index is -0.902. The van der Waals surface area contributed by atoms with Crippen molar-refractivity contribution in [2.24, 2.45) is 0 Å². The molecule has 0 saturated carbocycles. The van der Waals surface area contributed by atoms with Crippen LogP contribution >= 0.6 is 34.4 Å². The monoisotopic (exact) mass is 398 g/mol. The SMILES string of the molecule is CSc1sc(C(=O)O)cc1-c1csc(Nc2ccc3ccccc3c2)n1. The molecule has 26 heavy (non-hydrogen) atoms. The van der Waals surface area contributed by atoms with Crippen molar-refractivity contribution >= 4 is 62.0 Å². The van der Waals surface area contributed by atoms with E-state index in [4.69, 9.17) is 0 Å². The molecule has 130 valence electrons. The van der Waals surface area contributed by atoms with Gasteiger partial charge in [0.15, 0.2) is 5.13 Å². The summed E-state index contributed by atoms with van der Waals surface area (Å²) in [6.07, 6.45) is 1.95. The largest absolute Gasteiger partial charge is 0.477 e. The number of thioether (sulfide) groups is 1. The van der Waals surface area contributed by atoms with Gasteiger partial charge in [-0.15, -0.1) is 34.4 Å². The van der Waals surface area contributed by atoms with Gasteiger partial charge in [-0.2, -0.15) is 0 Å². The van der Waals surface area contributed by atoms with E-state index >= 15 is 0 Å². The molecule has 4 rings (SSSR count). The van der Waals surface area contributed by atoms with Gasteiger partial charge in [-0.3, -0.25) is 0 Å². The van der Waals surface area contributed by atoms with Crippen LogP contribution in [0.15, 0.2) is 58.1 Å². The number of carbonyl (C=O) groups is 1. The number of carboxylic acids is 1. The molecule has 0 aliphatic carbocycles. The Morgan fingerprint density at radius 3 is 2.73 bits per heavy atom. The molecule has 0 atom stereocenters. The summed E-state index contributed by atoms with van der Waals surface area (Å²) in [5.41, 5.74) is 2.65. The maximum Gasteiger partial charge on any atom is 0.345 e. The minimum Gasteiger partial charge on any atom is -0.477 e. The highest BCUT2D eigenvalue weighted by molar-refractivity contribution is 8.00. The molecule has 0 spiro atoms. The van der Waals surface area contributed by atoms with Gasteiger partial charge in [0.1, 0.15) is 4.88 Å². The molecular formula is C19H14N2O2S3. The molecule has 4 nitrogen and oxygen atoms in total. The van der Waals surface area contributed by atoms with Crippen molar-refractivity contribution in [2.45, 2.75) is 4.21 Å². The Kier molecular flexibility index (Phi) is 4.67. The second-order valence-electron chi connectivity index (χ2n) is 5.55. The Morgan fingerprint density at radius 1 is 1.15 bits per heavy atom. The van der Waals surface area contributed by atoms with Gasteiger partial charge >= 0.3 is 5.97 Å². The second-order valence-corrected chi connectivity index (χ2v) is 8.53. The second kappa shape index (κ2) is 7.11. The number of thiazole rings is 1. The third-order valence-electron chi connectivity index (χ3n) is 3.88. The van der Waals surface area contributed by atoms with Crippen molar-refractivity contribution in [3.63, 3.8) is 0 Å². The zero-order valence-electron chi connectivity index (χ0n) is 13.7. The molecule has 0 saturated heterocycles. The quantitative estimate of drug-likeness (QED) is 0.393. The molecule has 7 heteroatoms. The molecule has 2 N–H and O–H groups in total. The van der Waals surface area contributed by atoms with Gasteiger partial charge in [0.2, 0.25) is 0 Å². The van der Waals surface area contributed by atoms with E-state index in [-0.39, 0.29) is 0 Å². The van der Waals surface area contributed by atoms with E-state index in [0.717, 1.165) is 26.3 Å². The van der Waals surface area contributed by atoms with E-state index in [1.54, 1.807) is 17.8 Å². The predicted molar refractivity (Wildman–Crippen MR) is 111 cm³/mol. The van der Waals surface area contributed by atoms with Crippen LogP contribution in [0.5, 0.6) is 0 Å². The third-order valence-corrected chi connectivity index (χ3v) is 6.89. The van der Waals surface area contributed by atoms with Crippen molar-refractivity contribution in [1.82, 2.24) is 4.98 Å². The molecule has 0 bridgehead atoms. The zero-order valence-corrected chi connectivity index (χ0v) is 16.2. The molecule has 0 aliphatic rings. The van der Waals surface area contributed by atoms with Gasteiger partial charge in [0.05, 0.1) is 9.90 Å². The van der Waals surface area contributed by atoms with E-state index in [0.29, 0.717) is 4.88 Å². The average Bonchev–Trinajstić information content (AvgIpc) is 3.28. The summed E-state index contributed by atoms with van der Waals surface area (Å²) >= 11 is 4.33. The first-order valence-corrected chi connectivity index (χ1v) is 10.7. The molecule has 2 aromatic carbocycles. The maximum atomic E-state index is 11.2. The number of benzene rings is 2. The molecule has 0 aliphatic heterocycles. The molecule has 0 radical (unpaired) electrons. The van der Waals surface area contributed by atoms with Gasteiger partial charge in [0, 0.05) is 16.6 Å². The van der Waals surface area contributed by atoms with Gasteiger partial charge in [-0.1, -0.05) is 30.3 Å². The number of rotatable bonds is 5. The van der Waals surface area contributed by atoms with Gasteiger partial charge in [-0.25, -0.2) is 9.78 Å². The third kappa shape index (κ3) is 3.33. The summed E-state index contributed by atoms with van der Waals surface area (Å²) < 4.78 is 0.963. The van der Waals surface area contributed by atoms with E-state index in [1.165, 1.54) is 33.4 Å². The van der Waals surface area contributed by atoms with Crippen LogP contribution < -0.4 is 5.32 Å². The lowest BCUT2D eigenvalue weighted by Crippen LogP contribution is -1.90. The highest BCUT2D eigenvalue weighted by Crippen LogP contribution is 2.39. The van der Waals surface area contributed by atoms with Crippen molar-refractivity contribution in [1.29, 1.82) is 0 Å². The van der Waals surface area contributed by atoms with Gasteiger partial charge in [0.25, 0.3) is 0 Å². The fraction of sp³-hybridized carbons (Fsp3) is 0.0526. The average molecular weight is 399 g/mol. The van der Waals surface area contributed by atoms with E-state index in [2.05, 4.69) is 34.6 Å². The summed E-state index contributed by atoms with van der Waals surface area (Å²) in [6, 6.07) is 16.1. The first-order valence-electron chi connectivity index (χ1n) is 7.77. The molecule has 2 heterocycles. The van der Waals surface area contributed by atoms with Crippen LogP contribution in [0.1, 0.15) is 9.67 Å². The lowest BCUT2D eigenvalue weighted by atomic mass is 10.1. The number of hydrogen-bond acceptors (Lipinski definition) is 6. The lowest BCUT2D eigenvalue weighted by molar-refractivity contribution is 0.0702. The number of aromatic carboxylic acids is 1. The number of carboxylic acid groups (broad SMARTS) is 1. The smallest absolute Gasteiger partial charge is 0.345 e. The van der Waals surface area contributed by atoms with E-state index < -0.39 is 5.97 Å². The van der Waals surface area contributed by atoms with Crippen LogP contribution in [0, 0.1) is 0 Å². The Balaban J connectivity index is 1.62. The van der Waals surface area contributed by atoms with E-state index in [1.807, 2.05) is 29.8 Å². The standard InChI is InChI=1S/C19H14N2O2S3/c1-24-18-14(9-16(26-18)17(22)23)15-10-25-19(21-15)20-13-7-6-11-4-2-3-5-12(11)8-13/h2-10H,1H3,(H,20,21)(H,22,23). The summed E-state index contributed by atoms with van der Waals surface area (Å²) in [5, 5.41) is 17.7. The Hall–Kier alpha value is -2.35. The highest BCUT2D eigenvalue weighted by atomic mass is 32.2. The number of anilines is 2. The first-order chi connectivity index (χ1) is 12.6.